The van der Waals surface area contributed by atoms with Crippen LogP contribution in [0.15, 0.2) is 43.0 Å². The molecule has 4 aromatic rings. The number of hydrogen-bond donors (Lipinski definition) is 5. The lowest BCUT2D eigenvalue weighted by Gasteiger charge is -2.35. The van der Waals surface area contributed by atoms with Gasteiger partial charge in [0, 0.05) is 63.0 Å². The molecule has 5 heterocycles. The van der Waals surface area contributed by atoms with Crippen LogP contribution in [0.5, 0.6) is 0 Å². The Morgan fingerprint density at radius 3 is 2.53 bits per heavy atom. The van der Waals surface area contributed by atoms with Crippen molar-refractivity contribution in [3.05, 3.63) is 59.3 Å². The number of nitrogens with zero attached hydrogens (tertiary/aromatic N) is 6. The summed E-state index contributed by atoms with van der Waals surface area (Å²) in [5.74, 6) is 0.0315. The van der Waals surface area contributed by atoms with E-state index in [4.69, 9.17) is 21.5 Å². The number of carbonyl (C=O) groups is 3. The largest absolute Gasteiger partial charge is 0.483 e. The van der Waals surface area contributed by atoms with E-state index in [9.17, 15) is 22.8 Å². The topological polar surface area (TPSA) is 173 Å². The Hall–Kier alpha value is -4.90. The average molecular weight is 649 g/mol. The van der Waals surface area contributed by atoms with Gasteiger partial charge in [-0.2, -0.15) is 18.3 Å². The molecule has 0 saturated carbocycles. The highest BCUT2D eigenvalue weighted by atomic mass is 35.5. The van der Waals surface area contributed by atoms with Crippen molar-refractivity contribution in [2.24, 2.45) is 0 Å². The number of imidazole rings is 1. The predicted molar refractivity (Wildman–Crippen MR) is 156 cm³/mol. The van der Waals surface area contributed by atoms with Gasteiger partial charge in [-0.25, -0.2) is 14.8 Å². The molecule has 2 aliphatic rings. The summed E-state index contributed by atoms with van der Waals surface area (Å²) < 4.78 is 41.7. The lowest BCUT2D eigenvalue weighted by atomic mass is 10.1. The van der Waals surface area contributed by atoms with Crippen molar-refractivity contribution < 1.29 is 32.7 Å². The predicted octanol–water partition coefficient (Wildman–Crippen LogP) is 3.07. The second-order valence-electron chi connectivity index (χ2n) is 10.1. The van der Waals surface area contributed by atoms with Crippen LogP contribution in [-0.2, 0) is 11.0 Å². The molecule has 1 atom stereocenters. The van der Waals surface area contributed by atoms with Gasteiger partial charge in [0.15, 0.2) is 17.2 Å². The highest BCUT2D eigenvalue weighted by molar-refractivity contribution is 6.34. The lowest BCUT2D eigenvalue weighted by Crippen LogP contribution is -2.54. The molecule has 14 nitrogen and oxygen atoms in total. The standard InChI is InChI=1S/C26H26ClF3N10O2.CH2O2/c27-19-11-15(1-2-17(19)24(41)38-7-9-39(10-8-38)25(42)36-16-3-4-31-12-16)35-22-23-33-14-20(40(23)6-5-32-22)18-13-34-37-21(18)26(28,29)30;2-1-3/h1-2,5-6,11,13-14,16,31H,3-4,7-10,12H2,(H,32,35)(H,34,37)(H,36,42);1H,(H,2,3)/t16-;/m0./s1. The molecule has 2 saturated heterocycles. The quantitative estimate of drug-likeness (QED) is 0.204. The van der Waals surface area contributed by atoms with Gasteiger partial charge >= 0.3 is 12.2 Å². The highest BCUT2D eigenvalue weighted by Gasteiger charge is 2.37. The maximum absolute atomic E-state index is 13.4. The Morgan fingerprint density at radius 1 is 1.13 bits per heavy atom. The molecule has 0 aliphatic carbocycles. The minimum absolute atomic E-state index is 0.122. The number of urea groups is 1. The number of alkyl halides is 3. The number of benzene rings is 1. The van der Waals surface area contributed by atoms with E-state index in [-0.39, 0.29) is 52.2 Å². The van der Waals surface area contributed by atoms with Crippen molar-refractivity contribution in [2.75, 3.05) is 44.6 Å². The number of fused-ring (bicyclic) bond motifs is 1. The molecule has 0 unspecified atom stereocenters. The van der Waals surface area contributed by atoms with Crippen LogP contribution in [0, 0.1) is 0 Å². The first-order chi connectivity index (χ1) is 21.6. The molecule has 0 bridgehead atoms. The molecule has 45 heavy (non-hydrogen) atoms. The first-order valence-corrected chi connectivity index (χ1v) is 14.1. The van der Waals surface area contributed by atoms with Crippen molar-refractivity contribution in [3.63, 3.8) is 0 Å². The van der Waals surface area contributed by atoms with E-state index in [1.54, 1.807) is 28.0 Å². The minimum atomic E-state index is -4.64. The monoisotopic (exact) mass is 648 g/mol. The van der Waals surface area contributed by atoms with E-state index < -0.39 is 11.9 Å². The van der Waals surface area contributed by atoms with Crippen LogP contribution in [0.4, 0.5) is 29.5 Å². The summed E-state index contributed by atoms with van der Waals surface area (Å²) >= 11 is 6.51. The summed E-state index contributed by atoms with van der Waals surface area (Å²) in [4.78, 5) is 46.0. The number of aromatic amines is 1. The fourth-order valence-electron chi connectivity index (χ4n) is 5.14. The van der Waals surface area contributed by atoms with E-state index in [1.165, 1.54) is 23.0 Å². The maximum Gasteiger partial charge on any atom is 0.435 e. The highest BCUT2D eigenvalue weighted by Crippen LogP contribution is 2.36. The van der Waals surface area contributed by atoms with E-state index in [1.807, 2.05) is 0 Å². The number of rotatable bonds is 5. The molecule has 5 N–H and O–H groups in total. The van der Waals surface area contributed by atoms with Gasteiger partial charge in [-0.1, -0.05) is 11.6 Å². The van der Waals surface area contributed by atoms with Crippen LogP contribution in [0.2, 0.25) is 5.02 Å². The Labute approximate surface area is 258 Å². The van der Waals surface area contributed by atoms with Gasteiger partial charge in [-0.3, -0.25) is 19.1 Å². The average Bonchev–Trinajstić information content (AvgIpc) is 3.79. The van der Waals surface area contributed by atoms with Crippen LogP contribution in [-0.4, -0.2) is 103 Å². The summed E-state index contributed by atoms with van der Waals surface area (Å²) in [5, 5.41) is 22.0. The summed E-state index contributed by atoms with van der Waals surface area (Å²) in [5.41, 5.74) is 0.0855. The molecule has 238 valence electrons. The number of halogens is 4. The Morgan fingerprint density at radius 2 is 1.87 bits per heavy atom. The number of aromatic nitrogens is 5. The molecule has 3 amide bonds. The number of hydrogen-bond acceptors (Lipinski definition) is 8. The fraction of sp³-hybridized carbons (Fsp3) is 0.333. The van der Waals surface area contributed by atoms with Gasteiger partial charge in [-0.05, 0) is 31.2 Å². The number of carbonyl (C=O) groups excluding carboxylic acids is 2. The van der Waals surface area contributed by atoms with E-state index in [2.05, 4.69) is 36.1 Å². The Balaban J connectivity index is 0.00000128. The van der Waals surface area contributed by atoms with Crippen molar-refractivity contribution in [3.8, 4) is 11.3 Å². The SMILES string of the molecule is O=C(N[C@H]1CCNC1)N1CCN(C(=O)c2ccc(Nc3nccn4c(-c5c[nH]nc5C(F)(F)F)cnc34)cc2Cl)CC1.O=CO. The van der Waals surface area contributed by atoms with Gasteiger partial charge < -0.3 is 30.9 Å². The van der Waals surface area contributed by atoms with Crippen LogP contribution >= 0.6 is 11.6 Å². The number of H-pyrrole nitrogens is 1. The zero-order chi connectivity index (χ0) is 32.1. The third-order valence-electron chi connectivity index (χ3n) is 7.32. The number of piperazine rings is 1. The summed E-state index contributed by atoms with van der Waals surface area (Å²) in [6.07, 6.45) is 1.66. The molecule has 0 radical (unpaired) electrons. The van der Waals surface area contributed by atoms with Crippen LogP contribution < -0.4 is 16.0 Å². The molecule has 2 aliphatic heterocycles. The molecule has 1 aromatic carbocycles. The molecular weight excluding hydrogens is 621 g/mol. The Kier molecular flexibility index (Phi) is 9.38. The summed E-state index contributed by atoms with van der Waals surface area (Å²) in [6.45, 7) is 2.99. The zero-order valence-electron chi connectivity index (χ0n) is 23.5. The van der Waals surface area contributed by atoms with Crippen molar-refractivity contribution in [1.82, 2.24) is 45.0 Å². The smallest absolute Gasteiger partial charge is 0.435 e. The van der Waals surface area contributed by atoms with Gasteiger partial charge in [0.1, 0.15) is 0 Å². The van der Waals surface area contributed by atoms with Gasteiger partial charge in [0.05, 0.1) is 28.0 Å². The van der Waals surface area contributed by atoms with Crippen LogP contribution in [0.25, 0.3) is 16.9 Å². The van der Waals surface area contributed by atoms with Crippen molar-refractivity contribution in [2.45, 2.75) is 18.6 Å². The van der Waals surface area contributed by atoms with Crippen LogP contribution in [0.3, 0.4) is 0 Å². The van der Waals surface area contributed by atoms with E-state index in [0.717, 1.165) is 25.7 Å². The fourth-order valence-corrected chi connectivity index (χ4v) is 5.40. The van der Waals surface area contributed by atoms with E-state index in [0.29, 0.717) is 37.4 Å². The molecule has 3 aromatic heterocycles. The van der Waals surface area contributed by atoms with Gasteiger partial charge in [-0.15, -0.1) is 0 Å². The minimum Gasteiger partial charge on any atom is -0.483 e. The van der Waals surface area contributed by atoms with Crippen LogP contribution in [0.1, 0.15) is 22.5 Å². The molecule has 18 heteroatoms. The summed E-state index contributed by atoms with van der Waals surface area (Å²) in [6, 6.07) is 4.83. The van der Waals surface area contributed by atoms with Crippen molar-refractivity contribution in [1.29, 1.82) is 0 Å². The van der Waals surface area contributed by atoms with Crippen molar-refractivity contribution >= 4 is 47.2 Å². The number of anilines is 2. The second-order valence-corrected chi connectivity index (χ2v) is 10.5. The molecule has 6 rings (SSSR count). The first kappa shape index (κ1) is 31.5. The summed E-state index contributed by atoms with van der Waals surface area (Å²) in [7, 11) is 0. The second kappa shape index (κ2) is 13.4. The normalized spacial score (nSPS) is 16.7. The lowest BCUT2D eigenvalue weighted by molar-refractivity contribution is -0.140. The van der Waals surface area contributed by atoms with Gasteiger partial charge in [0.25, 0.3) is 12.4 Å². The van der Waals surface area contributed by atoms with E-state index >= 15 is 0 Å². The number of amides is 3. The molecule has 0 spiro atoms. The number of carboxylic acid groups (broad SMARTS) is 1. The zero-order valence-corrected chi connectivity index (χ0v) is 24.3. The first-order valence-electron chi connectivity index (χ1n) is 13.7. The third-order valence-corrected chi connectivity index (χ3v) is 7.63. The molecular formula is C27H28ClF3N10O4. The maximum atomic E-state index is 13.4. The third kappa shape index (κ3) is 6.93. The Bertz CT molecular complexity index is 1680. The molecule has 2 fully saturated rings. The van der Waals surface area contributed by atoms with Gasteiger partial charge in [0.2, 0.25) is 0 Å². The number of nitrogens with one attached hydrogen (secondary N) is 4.